The average Bonchev–Trinajstić information content (AvgIpc) is 3.42. The molecule has 0 aromatic heterocycles. The maximum Gasteiger partial charge on any atom is 0.410 e. The van der Waals surface area contributed by atoms with Crippen LogP contribution < -0.4 is 10.6 Å². The van der Waals surface area contributed by atoms with Crippen LogP contribution in [0.15, 0.2) is 24.3 Å². The molecule has 2 aliphatic heterocycles. The first-order valence-electron chi connectivity index (χ1n) is 15.5. The molecule has 0 unspecified atom stereocenters. The molecule has 0 aliphatic carbocycles. The summed E-state index contributed by atoms with van der Waals surface area (Å²) in [5.41, 5.74) is 2.22. The quantitative estimate of drug-likeness (QED) is 0.218. The smallest absolute Gasteiger partial charge is 0.410 e. The van der Waals surface area contributed by atoms with Crippen LogP contribution in [0.1, 0.15) is 70.9 Å². The lowest BCUT2D eigenvalue weighted by Gasteiger charge is -2.31. The fourth-order valence-electron chi connectivity index (χ4n) is 5.63. The van der Waals surface area contributed by atoms with Crippen LogP contribution in [-0.2, 0) is 46.4 Å². The number of benzene rings is 1. The zero-order valence-corrected chi connectivity index (χ0v) is 26.7. The van der Waals surface area contributed by atoms with Crippen molar-refractivity contribution in [2.75, 3.05) is 20.2 Å². The number of nitrogens with zero attached hydrogens (tertiary/aromatic N) is 2. The Labute approximate surface area is 264 Å². The molecule has 1 aromatic rings. The average molecular weight is 631 g/mol. The number of rotatable bonds is 13. The van der Waals surface area contributed by atoms with Crippen molar-refractivity contribution in [1.29, 1.82) is 0 Å². The van der Waals surface area contributed by atoms with Crippen molar-refractivity contribution in [3.8, 4) is 0 Å². The van der Waals surface area contributed by atoms with E-state index in [9.17, 15) is 28.8 Å². The monoisotopic (exact) mass is 630 g/mol. The van der Waals surface area contributed by atoms with Crippen LogP contribution in [0.4, 0.5) is 4.79 Å². The van der Waals surface area contributed by atoms with E-state index in [-0.39, 0.29) is 37.6 Å². The lowest BCUT2D eigenvalue weighted by Crippen LogP contribution is -2.58. The zero-order valence-electron chi connectivity index (χ0n) is 26.7. The van der Waals surface area contributed by atoms with Crippen LogP contribution in [0.2, 0.25) is 0 Å². The van der Waals surface area contributed by atoms with Crippen LogP contribution in [0.3, 0.4) is 0 Å². The number of carboxylic acid groups (broad SMARTS) is 1. The van der Waals surface area contributed by atoms with Crippen molar-refractivity contribution in [3.05, 3.63) is 35.4 Å². The molecule has 1 fully saturated rings. The number of aliphatic carboxylic acids is 1. The number of ether oxygens (including phenoxy) is 2. The third-order valence-corrected chi connectivity index (χ3v) is 8.22. The van der Waals surface area contributed by atoms with Gasteiger partial charge in [-0.05, 0) is 42.2 Å². The van der Waals surface area contributed by atoms with E-state index >= 15 is 0 Å². The molecule has 45 heavy (non-hydrogen) atoms. The zero-order chi connectivity index (χ0) is 33.3. The van der Waals surface area contributed by atoms with Gasteiger partial charge < -0.3 is 35.0 Å². The van der Waals surface area contributed by atoms with E-state index in [0.29, 0.717) is 32.4 Å². The molecule has 13 heteroatoms. The van der Waals surface area contributed by atoms with Crippen molar-refractivity contribution in [3.63, 3.8) is 0 Å². The van der Waals surface area contributed by atoms with Crippen molar-refractivity contribution < 1.29 is 43.3 Å². The molecule has 1 saturated heterocycles. The Bertz CT molecular complexity index is 1250. The second-order valence-corrected chi connectivity index (χ2v) is 12.3. The number of unbranched alkanes of at least 4 members (excludes halogenated alkanes) is 1. The number of methoxy groups -OCH3 is 1. The second-order valence-electron chi connectivity index (χ2n) is 12.3. The summed E-state index contributed by atoms with van der Waals surface area (Å²) in [5.74, 6) is -3.76. The van der Waals surface area contributed by atoms with E-state index in [1.165, 1.54) is 17.6 Å². The highest BCUT2D eigenvalue weighted by atomic mass is 16.6. The van der Waals surface area contributed by atoms with Gasteiger partial charge in [0.1, 0.15) is 24.2 Å². The summed E-state index contributed by atoms with van der Waals surface area (Å²) < 4.78 is 10.7. The van der Waals surface area contributed by atoms with Gasteiger partial charge in [-0.25, -0.2) is 9.59 Å². The summed E-state index contributed by atoms with van der Waals surface area (Å²) in [5, 5.41) is 14.3. The Morgan fingerprint density at radius 3 is 2.20 bits per heavy atom. The minimum Gasteiger partial charge on any atom is -0.481 e. The topological polar surface area (TPSA) is 172 Å². The summed E-state index contributed by atoms with van der Waals surface area (Å²) >= 11 is 0. The van der Waals surface area contributed by atoms with Gasteiger partial charge in [0.25, 0.3) is 0 Å². The number of likely N-dealkylation sites (tertiary alicyclic amines) is 1. The number of fused-ring (bicyclic) bond motifs is 1. The van der Waals surface area contributed by atoms with Gasteiger partial charge in [0, 0.05) is 32.4 Å². The number of esters is 1. The molecule has 1 aromatic carbocycles. The van der Waals surface area contributed by atoms with E-state index in [0.717, 1.165) is 5.56 Å². The number of amides is 4. The number of carbonyl (C=O) groups is 6. The standard InChI is InChI=1S/C32H46N4O9/c1-19(2)27(33-25(37)12-8-9-13-26(38)39)29(40)34-28(20(3)4)30(41)36-18-23(16-24(36)31(42)44-5)45-32(43)35-15-14-21-10-6-7-11-22(21)17-35/h6-7,10-11,19-20,23-24,27-28H,8-9,12-18H2,1-5H3,(H,33,37)(H,34,40)(H,38,39)/t23-,24+,27+,28+/m1/s1. The summed E-state index contributed by atoms with van der Waals surface area (Å²) in [6.07, 6.45) is 0.187. The van der Waals surface area contributed by atoms with Crippen LogP contribution in [-0.4, -0.2) is 95.1 Å². The predicted molar refractivity (Wildman–Crippen MR) is 163 cm³/mol. The number of carboxylic acids is 1. The number of nitrogens with one attached hydrogen (secondary N) is 2. The molecule has 0 bridgehead atoms. The first kappa shape index (κ1) is 35.3. The van der Waals surface area contributed by atoms with Crippen molar-refractivity contribution in [1.82, 2.24) is 20.4 Å². The molecule has 0 spiro atoms. The largest absolute Gasteiger partial charge is 0.481 e. The highest BCUT2D eigenvalue weighted by Crippen LogP contribution is 2.26. The Morgan fingerprint density at radius 1 is 0.933 bits per heavy atom. The fourth-order valence-corrected chi connectivity index (χ4v) is 5.63. The highest BCUT2D eigenvalue weighted by Gasteiger charge is 2.45. The van der Waals surface area contributed by atoms with Crippen LogP contribution in [0.5, 0.6) is 0 Å². The molecule has 3 N–H and O–H groups in total. The minimum atomic E-state index is -1.04. The van der Waals surface area contributed by atoms with Crippen molar-refractivity contribution in [2.45, 2.75) is 97.0 Å². The first-order chi connectivity index (χ1) is 21.3. The van der Waals surface area contributed by atoms with E-state index in [1.54, 1.807) is 32.6 Å². The molecule has 13 nitrogen and oxygen atoms in total. The van der Waals surface area contributed by atoms with E-state index in [2.05, 4.69) is 10.6 Å². The summed E-state index contributed by atoms with van der Waals surface area (Å²) in [6, 6.07) is 4.90. The first-order valence-corrected chi connectivity index (χ1v) is 15.5. The summed E-state index contributed by atoms with van der Waals surface area (Å²) in [4.78, 5) is 79.2. The molecular formula is C32H46N4O9. The van der Waals surface area contributed by atoms with Gasteiger partial charge in [0.15, 0.2) is 0 Å². The lowest BCUT2D eigenvalue weighted by atomic mass is 9.98. The summed E-state index contributed by atoms with van der Waals surface area (Å²) in [6.45, 7) is 7.87. The SMILES string of the molecule is COC(=O)[C@@H]1C[C@@H](OC(=O)N2CCc3ccccc3C2)CN1C(=O)[C@@H](NC(=O)[C@@H](NC(=O)CCCCC(=O)O)C(C)C)C(C)C. The molecule has 2 heterocycles. The molecule has 248 valence electrons. The Hall–Kier alpha value is -4.16. The molecule has 3 rings (SSSR count). The van der Waals surface area contributed by atoms with Gasteiger partial charge in [-0.2, -0.15) is 0 Å². The van der Waals surface area contributed by atoms with Gasteiger partial charge >= 0.3 is 18.0 Å². The maximum absolute atomic E-state index is 13.9. The number of hydrogen-bond donors (Lipinski definition) is 3. The molecule has 4 atom stereocenters. The predicted octanol–water partition coefficient (Wildman–Crippen LogP) is 2.25. The summed E-state index contributed by atoms with van der Waals surface area (Å²) in [7, 11) is 1.22. The minimum absolute atomic E-state index is 0.0462. The second kappa shape index (κ2) is 16.2. The van der Waals surface area contributed by atoms with Crippen molar-refractivity contribution in [2.24, 2.45) is 11.8 Å². The van der Waals surface area contributed by atoms with Gasteiger partial charge in [-0.1, -0.05) is 52.0 Å². The van der Waals surface area contributed by atoms with Crippen molar-refractivity contribution >= 4 is 35.8 Å². The van der Waals surface area contributed by atoms with Gasteiger partial charge in [-0.3, -0.25) is 19.2 Å². The van der Waals surface area contributed by atoms with Gasteiger partial charge in [0.05, 0.1) is 13.7 Å². The Morgan fingerprint density at radius 2 is 1.58 bits per heavy atom. The van der Waals surface area contributed by atoms with Gasteiger partial charge in [0.2, 0.25) is 17.7 Å². The van der Waals surface area contributed by atoms with E-state index < -0.39 is 60.0 Å². The maximum atomic E-state index is 13.9. The van der Waals surface area contributed by atoms with Crippen LogP contribution in [0.25, 0.3) is 0 Å². The van der Waals surface area contributed by atoms with Gasteiger partial charge in [-0.15, -0.1) is 0 Å². The molecule has 0 radical (unpaired) electrons. The molecule has 0 saturated carbocycles. The molecule has 2 aliphatic rings. The Balaban J connectivity index is 1.66. The van der Waals surface area contributed by atoms with Crippen LogP contribution in [0, 0.1) is 11.8 Å². The van der Waals surface area contributed by atoms with E-state index in [4.69, 9.17) is 14.6 Å². The number of hydrogen-bond acceptors (Lipinski definition) is 8. The van der Waals surface area contributed by atoms with Crippen LogP contribution >= 0.6 is 0 Å². The lowest BCUT2D eigenvalue weighted by molar-refractivity contribution is -0.152. The fraction of sp³-hybridized carbons (Fsp3) is 0.625. The third kappa shape index (κ3) is 9.66. The normalized spacial score (nSPS) is 19.0. The third-order valence-electron chi connectivity index (χ3n) is 8.22. The number of carbonyl (C=O) groups excluding carboxylic acids is 5. The highest BCUT2D eigenvalue weighted by molar-refractivity contribution is 5.94. The molecular weight excluding hydrogens is 584 g/mol. The molecule has 4 amide bonds. The Kier molecular flexibility index (Phi) is 12.7. The van der Waals surface area contributed by atoms with E-state index in [1.807, 2.05) is 24.3 Å².